The molecular weight excluding hydrogens is 601 g/mol. The van der Waals surface area contributed by atoms with Crippen LogP contribution in [0, 0.1) is 3.57 Å². The van der Waals surface area contributed by atoms with E-state index in [-0.39, 0.29) is 11.6 Å². The Morgan fingerprint density at radius 1 is 0.758 bits per heavy atom. The van der Waals surface area contributed by atoms with Crippen LogP contribution in [0.25, 0.3) is 0 Å². The van der Waals surface area contributed by atoms with Gasteiger partial charge in [0.25, 0.3) is 5.91 Å². The molecule has 0 aliphatic rings. The van der Waals surface area contributed by atoms with Gasteiger partial charge in [-0.25, -0.2) is 0 Å². The molecule has 0 fully saturated rings. The average Bonchev–Trinajstić information content (AvgIpc) is 2.67. The van der Waals surface area contributed by atoms with Gasteiger partial charge >= 0.3 is 30.1 Å². The van der Waals surface area contributed by atoms with Crippen molar-refractivity contribution in [1.29, 1.82) is 0 Å². The predicted octanol–water partition coefficient (Wildman–Crippen LogP) is 7.49. The summed E-state index contributed by atoms with van der Waals surface area (Å²) < 4.78 is 158. The van der Waals surface area contributed by atoms with E-state index in [9.17, 15) is 57.5 Å². The number of anilines is 1. The molecule has 2 aromatic rings. The number of nitrogens with one attached hydrogen (secondary N) is 1. The molecule has 182 valence electrons. The summed E-state index contributed by atoms with van der Waals surface area (Å²) >= 11 is 0.907. The molecule has 1 N–H and O–H groups in total. The predicted molar refractivity (Wildman–Crippen MR) is 98.4 cm³/mol. The summed E-state index contributed by atoms with van der Waals surface area (Å²) in [5, 5.41) is 1.75. The minimum absolute atomic E-state index is 0.156. The van der Waals surface area contributed by atoms with Gasteiger partial charge in [-0.2, -0.15) is 52.7 Å². The van der Waals surface area contributed by atoms with Gasteiger partial charge in [0, 0.05) is 14.7 Å². The third-order valence-electron chi connectivity index (χ3n) is 4.18. The Morgan fingerprint density at radius 3 is 1.73 bits per heavy atom. The lowest BCUT2D eigenvalue weighted by Gasteiger charge is -2.34. The van der Waals surface area contributed by atoms with E-state index < -0.39 is 62.5 Å². The maximum Gasteiger partial charge on any atom is 0.460 e. The van der Waals surface area contributed by atoms with Crippen LogP contribution in [0.3, 0.4) is 0 Å². The SMILES string of the molecule is O=C(Nc1c(I)cc(C(F)(F)C(F)(F)C(F)(F)C(F)(F)F)cc1C(F)(F)F)c1ccccc1. The Balaban J connectivity index is 2.65. The van der Waals surface area contributed by atoms with Crippen LogP contribution in [-0.4, -0.2) is 23.9 Å². The van der Waals surface area contributed by atoms with E-state index in [4.69, 9.17) is 0 Å². The number of alkyl halides is 12. The summed E-state index contributed by atoms with van der Waals surface area (Å²) in [6, 6.07) is 5.57. The molecule has 0 aliphatic heterocycles. The zero-order valence-corrected chi connectivity index (χ0v) is 17.5. The number of benzene rings is 2. The van der Waals surface area contributed by atoms with Crippen LogP contribution >= 0.6 is 22.6 Å². The minimum atomic E-state index is -7.28. The second kappa shape index (κ2) is 8.54. The van der Waals surface area contributed by atoms with Crippen molar-refractivity contribution in [1.82, 2.24) is 0 Å². The first kappa shape index (κ1) is 27.0. The Hall–Kier alpha value is -2.20. The second-order valence-corrected chi connectivity index (χ2v) is 7.58. The molecule has 0 radical (unpaired) electrons. The first-order valence-electron chi connectivity index (χ1n) is 8.23. The fourth-order valence-electron chi connectivity index (χ4n) is 2.47. The first-order chi connectivity index (χ1) is 14.7. The fourth-order valence-corrected chi connectivity index (χ4v) is 3.23. The first-order valence-corrected chi connectivity index (χ1v) is 9.31. The second-order valence-electron chi connectivity index (χ2n) is 6.42. The number of hydrogen-bond donors (Lipinski definition) is 1. The summed E-state index contributed by atoms with van der Waals surface area (Å²) in [6.45, 7) is 0. The lowest BCUT2D eigenvalue weighted by atomic mass is 9.94. The van der Waals surface area contributed by atoms with Gasteiger partial charge in [0.15, 0.2) is 0 Å². The molecule has 2 aromatic carbocycles. The molecule has 0 unspecified atom stereocenters. The van der Waals surface area contributed by atoms with Crippen LogP contribution in [0.2, 0.25) is 0 Å². The van der Waals surface area contributed by atoms with Crippen LogP contribution in [0.5, 0.6) is 0 Å². The van der Waals surface area contributed by atoms with Gasteiger partial charge in [-0.05, 0) is 46.9 Å². The van der Waals surface area contributed by atoms with Gasteiger partial charge in [-0.1, -0.05) is 18.2 Å². The highest BCUT2D eigenvalue weighted by atomic mass is 127. The van der Waals surface area contributed by atoms with Crippen molar-refractivity contribution in [3.05, 3.63) is 62.7 Å². The van der Waals surface area contributed by atoms with E-state index in [2.05, 4.69) is 0 Å². The Labute approximate surface area is 190 Å². The van der Waals surface area contributed by atoms with Crippen LogP contribution in [0.15, 0.2) is 42.5 Å². The Kier molecular flexibility index (Phi) is 7.00. The Bertz CT molecular complexity index is 1030. The van der Waals surface area contributed by atoms with Crippen molar-refractivity contribution in [2.75, 3.05) is 5.32 Å². The van der Waals surface area contributed by atoms with E-state index >= 15 is 0 Å². The number of halogens is 13. The molecule has 0 saturated carbocycles. The van der Waals surface area contributed by atoms with E-state index in [0.29, 0.717) is 0 Å². The maximum atomic E-state index is 14.2. The molecule has 0 aromatic heterocycles. The highest BCUT2D eigenvalue weighted by molar-refractivity contribution is 14.1. The number of carbonyl (C=O) groups is 1. The van der Waals surface area contributed by atoms with Gasteiger partial charge in [0.2, 0.25) is 0 Å². The number of carbonyl (C=O) groups excluding carboxylic acids is 1. The standard InChI is InChI=1S/C18H8F12INO/c19-14(20,16(24,25)17(26,27)18(28,29)30)9-6-10(15(21,22)23)12(11(31)7-9)32-13(33)8-4-2-1-3-5-8/h1-7H,(H,32,33). The summed E-state index contributed by atoms with van der Waals surface area (Å²) in [5.41, 5.74) is -6.01. The molecule has 33 heavy (non-hydrogen) atoms. The van der Waals surface area contributed by atoms with Gasteiger partial charge in [-0.15, -0.1) is 0 Å². The minimum Gasteiger partial charge on any atom is -0.320 e. The largest absolute Gasteiger partial charge is 0.460 e. The maximum absolute atomic E-state index is 14.2. The summed E-state index contributed by atoms with van der Waals surface area (Å²) in [5.74, 6) is -22.0. The van der Waals surface area contributed by atoms with Gasteiger partial charge in [0.05, 0.1) is 11.3 Å². The topological polar surface area (TPSA) is 29.1 Å². The lowest BCUT2D eigenvalue weighted by molar-refractivity contribution is -0.399. The zero-order chi connectivity index (χ0) is 25.6. The zero-order valence-electron chi connectivity index (χ0n) is 15.4. The molecule has 0 atom stereocenters. The molecule has 0 saturated heterocycles. The molecule has 0 spiro atoms. The third kappa shape index (κ3) is 4.87. The van der Waals surface area contributed by atoms with Crippen LogP contribution < -0.4 is 5.32 Å². The molecule has 2 nitrogen and oxygen atoms in total. The molecule has 1 amide bonds. The third-order valence-corrected chi connectivity index (χ3v) is 5.03. The lowest BCUT2D eigenvalue weighted by Crippen LogP contribution is -2.59. The van der Waals surface area contributed by atoms with E-state index in [1.807, 2.05) is 0 Å². The smallest absolute Gasteiger partial charge is 0.320 e. The number of rotatable bonds is 5. The molecule has 0 aliphatic carbocycles. The Morgan fingerprint density at radius 2 is 1.27 bits per heavy atom. The number of amides is 1. The van der Waals surface area contributed by atoms with Gasteiger partial charge in [-0.3, -0.25) is 4.79 Å². The highest BCUT2D eigenvalue weighted by Gasteiger charge is 2.82. The van der Waals surface area contributed by atoms with E-state index in [1.54, 1.807) is 5.32 Å². The summed E-state index contributed by atoms with van der Waals surface area (Å²) in [4.78, 5) is 12.2. The quantitative estimate of drug-likeness (QED) is 0.277. The highest BCUT2D eigenvalue weighted by Crippen LogP contribution is 2.57. The molecule has 0 bridgehead atoms. The van der Waals surface area contributed by atoms with Crippen molar-refractivity contribution in [2.45, 2.75) is 30.1 Å². The van der Waals surface area contributed by atoms with E-state index in [0.717, 1.165) is 34.7 Å². The average molecular weight is 609 g/mol. The summed E-state index contributed by atoms with van der Waals surface area (Å²) in [6.07, 6.45) is -12.7. The fraction of sp³-hybridized carbons (Fsp3) is 0.278. The molecular formula is C18H8F12INO. The molecule has 0 heterocycles. The van der Waals surface area contributed by atoms with Crippen molar-refractivity contribution < 1.29 is 57.5 Å². The van der Waals surface area contributed by atoms with Crippen molar-refractivity contribution in [3.63, 3.8) is 0 Å². The van der Waals surface area contributed by atoms with Crippen molar-refractivity contribution in [3.8, 4) is 0 Å². The monoisotopic (exact) mass is 609 g/mol. The van der Waals surface area contributed by atoms with Gasteiger partial charge < -0.3 is 5.32 Å². The van der Waals surface area contributed by atoms with Gasteiger partial charge in [0.1, 0.15) is 0 Å². The molecule has 2 rings (SSSR count). The van der Waals surface area contributed by atoms with Crippen molar-refractivity contribution in [2.24, 2.45) is 0 Å². The van der Waals surface area contributed by atoms with E-state index in [1.165, 1.54) is 18.2 Å². The van der Waals surface area contributed by atoms with Crippen LogP contribution in [0.1, 0.15) is 21.5 Å². The summed E-state index contributed by atoms with van der Waals surface area (Å²) in [7, 11) is 0. The molecule has 15 heteroatoms. The van der Waals surface area contributed by atoms with Crippen LogP contribution in [0.4, 0.5) is 58.4 Å². The normalized spacial score (nSPS) is 13.7. The number of hydrogen-bond acceptors (Lipinski definition) is 1. The van der Waals surface area contributed by atoms with Crippen LogP contribution in [-0.2, 0) is 12.1 Å². The van der Waals surface area contributed by atoms with Crippen molar-refractivity contribution >= 4 is 34.2 Å².